The van der Waals surface area contributed by atoms with Crippen molar-refractivity contribution in [2.45, 2.75) is 38.0 Å². The van der Waals surface area contributed by atoms with E-state index in [-0.39, 0.29) is 11.5 Å². The van der Waals surface area contributed by atoms with Crippen molar-refractivity contribution in [2.24, 2.45) is 0 Å². The predicted molar refractivity (Wildman–Crippen MR) is 166 cm³/mol. The van der Waals surface area contributed by atoms with Crippen LogP contribution in [0.4, 0.5) is 0 Å². The third kappa shape index (κ3) is 5.43. The van der Waals surface area contributed by atoms with Crippen LogP contribution in [-0.2, 0) is 6.42 Å². The molecule has 0 unspecified atom stereocenters. The fraction of sp³-hybridized carbons (Fsp3) is 0.219. The van der Waals surface area contributed by atoms with Crippen molar-refractivity contribution in [3.63, 3.8) is 0 Å². The topological polar surface area (TPSA) is 37.3 Å². The summed E-state index contributed by atoms with van der Waals surface area (Å²) in [4.78, 5) is 13.0. The SMILES string of the molecule is CCCc1c(SCCCP(Br)(c2ccccc2)(c2ccccc2)c2ccccc2)ccc(C(C)=O)c1O. The second-order valence-corrected chi connectivity index (χ2v) is 19.6. The van der Waals surface area contributed by atoms with Gasteiger partial charge in [-0.3, -0.25) is 0 Å². The molecule has 192 valence electrons. The number of carbonyl (C=O) groups is 1. The Labute approximate surface area is 233 Å². The van der Waals surface area contributed by atoms with Gasteiger partial charge in [-0.05, 0) is 0 Å². The van der Waals surface area contributed by atoms with E-state index in [4.69, 9.17) is 0 Å². The van der Waals surface area contributed by atoms with E-state index in [1.165, 1.54) is 22.8 Å². The van der Waals surface area contributed by atoms with Crippen LogP contribution in [0.3, 0.4) is 0 Å². The van der Waals surface area contributed by atoms with Crippen LogP contribution in [0.1, 0.15) is 42.6 Å². The summed E-state index contributed by atoms with van der Waals surface area (Å²) in [5.74, 6) is 0.958. The van der Waals surface area contributed by atoms with Crippen LogP contribution >= 0.6 is 32.6 Å². The number of phenols is 1. The summed E-state index contributed by atoms with van der Waals surface area (Å²) >= 11 is 6.30. The van der Waals surface area contributed by atoms with Crippen LogP contribution in [0.5, 0.6) is 5.75 Å². The molecule has 0 aliphatic rings. The average molecular weight is 594 g/mol. The summed E-state index contributed by atoms with van der Waals surface area (Å²) < 4.78 is 0. The minimum absolute atomic E-state index is 0.100. The molecular formula is C32H34BrO2PS. The molecule has 5 heteroatoms. The van der Waals surface area contributed by atoms with Crippen molar-refractivity contribution in [3.8, 4) is 5.75 Å². The molecule has 0 heterocycles. The Hall–Kier alpha value is -2.39. The van der Waals surface area contributed by atoms with E-state index < -0.39 is 5.31 Å². The molecule has 4 aromatic carbocycles. The molecule has 1 N–H and O–H groups in total. The Kier molecular flexibility index (Phi) is 8.95. The van der Waals surface area contributed by atoms with Crippen LogP contribution in [0.15, 0.2) is 108 Å². The summed E-state index contributed by atoms with van der Waals surface area (Å²) in [7, 11) is 0. The second-order valence-electron chi connectivity index (χ2n) is 9.36. The van der Waals surface area contributed by atoms with E-state index in [0.717, 1.165) is 41.6 Å². The van der Waals surface area contributed by atoms with Gasteiger partial charge >= 0.3 is 234 Å². The molecule has 4 rings (SSSR count). The van der Waals surface area contributed by atoms with Gasteiger partial charge in [-0.2, -0.15) is 0 Å². The van der Waals surface area contributed by atoms with E-state index >= 15 is 0 Å². The Morgan fingerprint density at radius 3 is 1.73 bits per heavy atom. The van der Waals surface area contributed by atoms with E-state index in [2.05, 4.69) is 113 Å². The van der Waals surface area contributed by atoms with E-state index in [9.17, 15) is 9.90 Å². The molecule has 37 heavy (non-hydrogen) atoms. The molecule has 0 spiro atoms. The molecule has 2 nitrogen and oxygen atoms in total. The maximum atomic E-state index is 12.0. The van der Waals surface area contributed by atoms with Crippen molar-refractivity contribution in [1.29, 1.82) is 0 Å². The van der Waals surface area contributed by atoms with E-state index in [0.29, 0.717) is 5.56 Å². The molecule has 4 aromatic rings. The first-order valence-corrected chi connectivity index (χ1v) is 18.2. The van der Waals surface area contributed by atoms with Crippen LogP contribution in [0.2, 0.25) is 0 Å². The number of Topliss-reactive ketones (excluding diaryl/α,β-unsaturated/α-hetero) is 1. The molecule has 0 bridgehead atoms. The summed E-state index contributed by atoms with van der Waals surface area (Å²) in [5, 5.41) is 11.8. The molecule has 0 saturated heterocycles. The van der Waals surface area contributed by atoms with Gasteiger partial charge in [0.2, 0.25) is 0 Å². The van der Waals surface area contributed by atoms with Crippen molar-refractivity contribution >= 4 is 54.3 Å². The van der Waals surface area contributed by atoms with E-state index in [1.54, 1.807) is 17.8 Å². The fourth-order valence-electron chi connectivity index (χ4n) is 5.12. The van der Waals surface area contributed by atoms with Crippen LogP contribution in [0, 0.1) is 0 Å². The molecule has 0 amide bonds. The van der Waals surface area contributed by atoms with Gasteiger partial charge in [0.25, 0.3) is 0 Å². The van der Waals surface area contributed by atoms with Crippen molar-refractivity contribution in [2.75, 3.05) is 11.9 Å². The normalized spacial score (nSPS) is 12.6. The number of hydrogen-bond donors (Lipinski definition) is 1. The molecule has 0 radical (unpaired) electrons. The first-order valence-electron chi connectivity index (χ1n) is 12.8. The minimum atomic E-state index is -2.94. The molecule has 0 aliphatic heterocycles. The summed E-state index contributed by atoms with van der Waals surface area (Å²) in [6, 6.07) is 36.4. The zero-order valence-electron chi connectivity index (χ0n) is 21.4. The number of aromatic hydroxyl groups is 1. The van der Waals surface area contributed by atoms with Gasteiger partial charge in [0.05, 0.1) is 0 Å². The van der Waals surface area contributed by atoms with Crippen LogP contribution in [-0.4, -0.2) is 22.8 Å². The van der Waals surface area contributed by atoms with Gasteiger partial charge in [-0.15, -0.1) is 0 Å². The number of hydrogen-bond acceptors (Lipinski definition) is 3. The molecule has 0 saturated carbocycles. The second kappa shape index (κ2) is 12.0. The first kappa shape index (κ1) is 27.6. The number of halogens is 1. The Morgan fingerprint density at radius 1 is 0.811 bits per heavy atom. The van der Waals surface area contributed by atoms with Crippen LogP contribution < -0.4 is 15.9 Å². The number of ketones is 1. The fourth-order valence-corrected chi connectivity index (χ4v) is 14.1. The van der Waals surface area contributed by atoms with Crippen LogP contribution in [0.25, 0.3) is 0 Å². The van der Waals surface area contributed by atoms with Gasteiger partial charge in [0, 0.05) is 0 Å². The van der Waals surface area contributed by atoms with Crippen molar-refractivity contribution in [1.82, 2.24) is 0 Å². The third-order valence-electron chi connectivity index (χ3n) is 6.98. The Balaban J connectivity index is 1.70. The zero-order chi connectivity index (χ0) is 26.3. The quantitative estimate of drug-likeness (QED) is 0.0833. The average Bonchev–Trinajstić information content (AvgIpc) is 2.94. The molecular weight excluding hydrogens is 559 g/mol. The van der Waals surface area contributed by atoms with Gasteiger partial charge < -0.3 is 0 Å². The Morgan fingerprint density at radius 2 is 1.30 bits per heavy atom. The number of thioether (sulfide) groups is 1. The number of benzene rings is 4. The monoisotopic (exact) mass is 592 g/mol. The van der Waals surface area contributed by atoms with Gasteiger partial charge in [0.1, 0.15) is 0 Å². The molecule has 0 fully saturated rings. The van der Waals surface area contributed by atoms with Gasteiger partial charge in [0.15, 0.2) is 0 Å². The van der Waals surface area contributed by atoms with Crippen molar-refractivity contribution < 1.29 is 9.90 Å². The molecule has 0 atom stereocenters. The summed E-state index contributed by atoms with van der Waals surface area (Å²) in [6.45, 7) is 3.61. The standard InChI is InChI=1S/C32H34BrO2PS/c1-3-14-30-31(22-21-29(25(2)34)32(30)35)37-24-13-23-36(33,26-15-7-4-8-16-26,27-17-9-5-10-18-27)28-19-11-6-12-20-28/h4-12,15-22,35H,3,13-14,23-24H2,1-2H3. The number of carbonyl (C=O) groups excluding carboxylic acids is 1. The first-order chi connectivity index (χ1) is 17.9. The van der Waals surface area contributed by atoms with Crippen molar-refractivity contribution in [3.05, 3.63) is 114 Å². The van der Waals surface area contributed by atoms with E-state index in [1.807, 2.05) is 6.07 Å². The zero-order valence-corrected chi connectivity index (χ0v) is 24.7. The summed E-state index contributed by atoms with van der Waals surface area (Å²) in [6.07, 6.45) is 3.62. The number of phenolic OH excluding ortho intramolecular Hbond substituents is 1. The number of rotatable bonds is 11. The maximum absolute atomic E-state index is 12.0. The summed E-state index contributed by atoms with van der Waals surface area (Å²) in [5.41, 5.74) is 1.31. The predicted octanol–water partition coefficient (Wildman–Crippen LogP) is 7.87. The Bertz CT molecular complexity index is 1240. The third-order valence-corrected chi connectivity index (χ3v) is 18.2. The molecule has 0 aliphatic carbocycles. The van der Waals surface area contributed by atoms with Gasteiger partial charge in [-0.25, -0.2) is 0 Å². The van der Waals surface area contributed by atoms with Gasteiger partial charge in [-0.1, -0.05) is 0 Å². The molecule has 0 aromatic heterocycles.